The van der Waals surface area contributed by atoms with Crippen LogP contribution < -0.4 is 21.3 Å². The molecule has 10 heteroatoms. The fraction of sp³-hybridized carbons (Fsp3) is 0.591. The van der Waals surface area contributed by atoms with Crippen LogP contribution in [0.25, 0.3) is 0 Å². The lowest BCUT2D eigenvalue weighted by atomic mass is 9.92. The molecule has 7 nitrogen and oxygen atoms in total. The lowest BCUT2D eigenvalue weighted by molar-refractivity contribution is -0.137. The number of rotatable bonds is 4. The summed E-state index contributed by atoms with van der Waals surface area (Å²) in [4.78, 5) is 14.7. The fourth-order valence-electron chi connectivity index (χ4n) is 4.55. The summed E-state index contributed by atoms with van der Waals surface area (Å²) >= 11 is 0. The van der Waals surface area contributed by atoms with Crippen molar-refractivity contribution in [2.24, 2.45) is 0 Å². The minimum Gasteiger partial charge on any atom is -0.381 e. The van der Waals surface area contributed by atoms with E-state index in [0.29, 0.717) is 18.2 Å². The highest BCUT2D eigenvalue weighted by Crippen LogP contribution is 2.35. The van der Waals surface area contributed by atoms with Crippen LogP contribution >= 0.6 is 0 Å². The smallest absolute Gasteiger partial charge is 0.381 e. The first-order chi connectivity index (χ1) is 15.1. The predicted octanol–water partition coefficient (Wildman–Crippen LogP) is 2.51. The summed E-state index contributed by atoms with van der Waals surface area (Å²) in [5.41, 5.74) is 0.498. The van der Waals surface area contributed by atoms with Crippen molar-refractivity contribution in [3.8, 4) is 0 Å². The highest BCUT2D eigenvalue weighted by atomic mass is 19.4. The molecule has 176 valence electrons. The molecule has 0 spiro atoms. The van der Waals surface area contributed by atoms with E-state index < -0.39 is 17.3 Å². The first kappa shape index (κ1) is 22.9. The number of urea groups is 1. The predicted molar refractivity (Wildman–Crippen MR) is 113 cm³/mol. The van der Waals surface area contributed by atoms with Crippen molar-refractivity contribution in [2.75, 3.05) is 19.8 Å². The molecule has 4 rings (SSSR count). The van der Waals surface area contributed by atoms with Gasteiger partial charge in [0, 0.05) is 38.5 Å². The quantitative estimate of drug-likeness (QED) is 0.564. The van der Waals surface area contributed by atoms with E-state index in [1.54, 1.807) is 4.90 Å². The average molecular weight is 454 g/mol. The van der Waals surface area contributed by atoms with Crippen LogP contribution in [0, 0.1) is 0 Å². The standard InChI is InChI=1S/C22H30F3N5O2/c1-21(2)17-12-26-19(28-16-7-9-32-10-8-16)29-18(17)13-30(21)20(31)27-11-14-3-5-15(6-4-14)22(23,24)25/h3-6,12,16,18-19,26,28-29H,7-11,13H2,1-2H3,(H,27,31). The molecule has 2 unspecified atom stereocenters. The molecule has 2 fully saturated rings. The molecule has 2 amide bonds. The highest BCUT2D eigenvalue weighted by Gasteiger charge is 2.47. The van der Waals surface area contributed by atoms with Gasteiger partial charge in [-0.15, -0.1) is 0 Å². The van der Waals surface area contributed by atoms with Gasteiger partial charge in [-0.05, 0) is 50.0 Å². The molecule has 0 bridgehead atoms. The maximum atomic E-state index is 12.9. The first-order valence-electron chi connectivity index (χ1n) is 10.9. The van der Waals surface area contributed by atoms with Gasteiger partial charge in [-0.1, -0.05) is 12.1 Å². The molecular formula is C22H30F3N5O2. The van der Waals surface area contributed by atoms with Crippen LogP contribution in [-0.2, 0) is 17.5 Å². The summed E-state index contributed by atoms with van der Waals surface area (Å²) in [6.45, 7) is 6.17. The second kappa shape index (κ2) is 8.92. The largest absolute Gasteiger partial charge is 0.416 e. The number of benzene rings is 1. The summed E-state index contributed by atoms with van der Waals surface area (Å²) in [5, 5.41) is 13.3. The minimum atomic E-state index is -4.37. The van der Waals surface area contributed by atoms with Crippen molar-refractivity contribution in [1.82, 2.24) is 26.2 Å². The van der Waals surface area contributed by atoms with Gasteiger partial charge < -0.3 is 20.3 Å². The number of halogens is 3. The third kappa shape index (κ3) is 4.87. The Morgan fingerprint density at radius 2 is 1.91 bits per heavy atom. The number of carbonyl (C=O) groups excluding carboxylic acids is 1. The Balaban J connectivity index is 1.34. The van der Waals surface area contributed by atoms with Gasteiger partial charge in [0.2, 0.25) is 0 Å². The normalized spacial score (nSPS) is 25.7. The summed E-state index contributed by atoms with van der Waals surface area (Å²) in [6.07, 6.45) is -0.542. The van der Waals surface area contributed by atoms with Crippen LogP contribution in [0.2, 0.25) is 0 Å². The molecule has 2 atom stereocenters. The second-order valence-electron chi connectivity index (χ2n) is 8.99. The van der Waals surface area contributed by atoms with Gasteiger partial charge in [-0.2, -0.15) is 13.2 Å². The van der Waals surface area contributed by atoms with Gasteiger partial charge in [0.05, 0.1) is 17.1 Å². The van der Waals surface area contributed by atoms with E-state index in [2.05, 4.69) is 21.3 Å². The number of amides is 2. The number of alkyl halides is 3. The number of nitrogens with one attached hydrogen (secondary N) is 4. The molecule has 4 N–H and O–H groups in total. The van der Waals surface area contributed by atoms with Gasteiger partial charge in [0.15, 0.2) is 0 Å². The minimum absolute atomic E-state index is 0.0143. The lowest BCUT2D eigenvalue weighted by Crippen LogP contribution is -2.61. The molecule has 0 aliphatic carbocycles. The second-order valence-corrected chi connectivity index (χ2v) is 8.99. The summed E-state index contributed by atoms with van der Waals surface area (Å²) in [6, 6.07) is 4.98. The van der Waals surface area contributed by atoms with Gasteiger partial charge in [0.25, 0.3) is 0 Å². The van der Waals surface area contributed by atoms with E-state index in [0.717, 1.165) is 43.8 Å². The number of nitrogens with zero attached hydrogens (tertiary/aromatic N) is 1. The van der Waals surface area contributed by atoms with Crippen LogP contribution in [0.1, 0.15) is 37.8 Å². The van der Waals surface area contributed by atoms with Gasteiger partial charge >= 0.3 is 12.2 Å². The molecule has 3 heterocycles. The Morgan fingerprint density at radius 1 is 1.22 bits per heavy atom. The zero-order chi connectivity index (χ0) is 22.9. The van der Waals surface area contributed by atoms with Gasteiger partial charge in [0.1, 0.15) is 6.29 Å². The van der Waals surface area contributed by atoms with Crippen molar-refractivity contribution in [3.05, 3.63) is 47.2 Å². The Kier molecular flexibility index (Phi) is 6.37. The Hall–Kier alpha value is -2.30. The number of likely N-dealkylation sites (tertiary alicyclic amines) is 1. The van der Waals surface area contributed by atoms with E-state index in [4.69, 9.17) is 4.74 Å². The van der Waals surface area contributed by atoms with E-state index in [9.17, 15) is 18.0 Å². The first-order valence-corrected chi connectivity index (χ1v) is 10.9. The van der Waals surface area contributed by atoms with Crippen molar-refractivity contribution in [3.63, 3.8) is 0 Å². The van der Waals surface area contributed by atoms with E-state index in [1.807, 2.05) is 20.0 Å². The molecule has 3 aliphatic rings. The topological polar surface area (TPSA) is 77.7 Å². The third-order valence-electron chi connectivity index (χ3n) is 6.49. The van der Waals surface area contributed by atoms with Crippen molar-refractivity contribution in [1.29, 1.82) is 0 Å². The third-order valence-corrected chi connectivity index (χ3v) is 6.49. The monoisotopic (exact) mass is 453 g/mol. The van der Waals surface area contributed by atoms with Crippen LogP contribution in [-0.4, -0.2) is 54.6 Å². The maximum Gasteiger partial charge on any atom is 0.416 e. The van der Waals surface area contributed by atoms with E-state index in [-0.39, 0.29) is 24.9 Å². The van der Waals surface area contributed by atoms with E-state index >= 15 is 0 Å². The van der Waals surface area contributed by atoms with Crippen molar-refractivity contribution < 1.29 is 22.7 Å². The molecular weight excluding hydrogens is 423 g/mol. The number of carbonyl (C=O) groups is 1. The number of hydrogen-bond donors (Lipinski definition) is 4. The Labute approximate surface area is 185 Å². The molecule has 32 heavy (non-hydrogen) atoms. The molecule has 2 saturated heterocycles. The Bertz CT molecular complexity index is 850. The summed E-state index contributed by atoms with van der Waals surface area (Å²) < 4.78 is 43.6. The zero-order valence-electron chi connectivity index (χ0n) is 18.3. The van der Waals surface area contributed by atoms with Gasteiger partial charge in [-0.25, -0.2) is 4.79 Å². The van der Waals surface area contributed by atoms with Crippen LogP contribution in [0.5, 0.6) is 0 Å². The van der Waals surface area contributed by atoms with Crippen LogP contribution in [0.15, 0.2) is 36.0 Å². The number of hydrogen-bond acceptors (Lipinski definition) is 5. The Morgan fingerprint density at radius 3 is 2.56 bits per heavy atom. The van der Waals surface area contributed by atoms with Crippen LogP contribution in [0.3, 0.4) is 0 Å². The van der Waals surface area contributed by atoms with Crippen molar-refractivity contribution >= 4 is 6.03 Å². The number of fused-ring (bicyclic) bond motifs is 1. The SMILES string of the molecule is CC1(C)C2=CNC(NC3CCOCC3)NC2CN1C(=O)NCc1ccc(C(F)(F)F)cc1. The maximum absolute atomic E-state index is 12.9. The molecule has 1 aromatic carbocycles. The molecule has 0 saturated carbocycles. The summed E-state index contributed by atoms with van der Waals surface area (Å²) in [7, 11) is 0. The van der Waals surface area contributed by atoms with Crippen LogP contribution in [0.4, 0.5) is 18.0 Å². The van der Waals surface area contributed by atoms with E-state index in [1.165, 1.54) is 12.1 Å². The highest BCUT2D eigenvalue weighted by molar-refractivity contribution is 5.77. The van der Waals surface area contributed by atoms with Crippen molar-refractivity contribution in [2.45, 2.75) is 63.3 Å². The number of ether oxygens (including phenoxy) is 1. The fourth-order valence-corrected chi connectivity index (χ4v) is 4.55. The molecule has 0 aromatic heterocycles. The zero-order valence-corrected chi connectivity index (χ0v) is 18.3. The molecule has 0 radical (unpaired) electrons. The lowest BCUT2D eigenvalue weighted by Gasteiger charge is -2.36. The van der Waals surface area contributed by atoms with Gasteiger partial charge in [-0.3, -0.25) is 10.6 Å². The molecule has 3 aliphatic heterocycles. The molecule has 1 aromatic rings. The average Bonchev–Trinajstić information content (AvgIpc) is 3.02. The summed E-state index contributed by atoms with van der Waals surface area (Å²) in [5.74, 6) is 0.